The summed E-state index contributed by atoms with van der Waals surface area (Å²) in [6.45, 7) is 2.54. The maximum absolute atomic E-state index is 11.7. The molecule has 2 rings (SSSR count). The van der Waals surface area contributed by atoms with Gasteiger partial charge in [-0.05, 0) is 18.6 Å². The number of carbonyl (C=O) groups excluding carboxylic acids is 2. The minimum absolute atomic E-state index is 0.0778. The number of carbonyl (C=O) groups is 2. The van der Waals surface area contributed by atoms with E-state index in [0.717, 1.165) is 30.0 Å². The first-order valence-corrected chi connectivity index (χ1v) is 6.92. The molecule has 0 fully saturated rings. The van der Waals surface area contributed by atoms with Crippen molar-refractivity contribution < 1.29 is 14.3 Å². The van der Waals surface area contributed by atoms with Gasteiger partial charge in [-0.15, -0.1) is 0 Å². The molecule has 0 amide bonds. The molecular formula is C15H16ClNO3. The lowest BCUT2D eigenvalue weighted by Crippen LogP contribution is -2.13. The van der Waals surface area contributed by atoms with Crippen molar-refractivity contribution in [1.29, 1.82) is 0 Å². The van der Waals surface area contributed by atoms with Crippen LogP contribution in [-0.2, 0) is 16.1 Å². The second-order valence-electron chi connectivity index (χ2n) is 4.57. The second-order valence-corrected chi connectivity index (χ2v) is 5.00. The van der Waals surface area contributed by atoms with E-state index >= 15 is 0 Å². The lowest BCUT2D eigenvalue weighted by Gasteiger charge is -2.06. The Morgan fingerprint density at radius 3 is 2.95 bits per heavy atom. The van der Waals surface area contributed by atoms with E-state index in [1.165, 1.54) is 0 Å². The van der Waals surface area contributed by atoms with Crippen molar-refractivity contribution >= 4 is 34.8 Å². The lowest BCUT2D eigenvalue weighted by molar-refractivity contribution is -0.144. The zero-order chi connectivity index (χ0) is 14.5. The van der Waals surface area contributed by atoms with Gasteiger partial charge < -0.3 is 9.30 Å². The Morgan fingerprint density at radius 1 is 1.45 bits per heavy atom. The van der Waals surface area contributed by atoms with Gasteiger partial charge in [0.15, 0.2) is 6.29 Å². The molecule has 5 heteroatoms. The fraction of sp³-hybridized carbons (Fsp3) is 0.333. The SMILES string of the molecule is CCCCOC(=O)Cn1cc(C=O)c2ccc(Cl)cc21. The summed E-state index contributed by atoms with van der Waals surface area (Å²) in [4.78, 5) is 22.8. The van der Waals surface area contributed by atoms with Crippen LogP contribution in [0.2, 0.25) is 5.02 Å². The third kappa shape index (κ3) is 3.20. The van der Waals surface area contributed by atoms with Crippen LogP contribution in [-0.4, -0.2) is 23.4 Å². The van der Waals surface area contributed by atoms with Crippen molar-refractivity contribution in [1.82, 2.24) is 4.57 Å². The number of esters is 1. The molecule has 20 heavy (non-hydrogen) atoms. The molecule has 0 radical (unpaired) electrons. The molecule has 4 nitrogen and oxygen atoms in total. The quantitative estimate of drug-likeness (QED) is 0.465. The summed E-state index contributed by atoms with van der Waals surface area (Å²) >= 11 is 5.96. The first kappa shape index (κ1) is 14.6. The topological polar surface area (TPSA) is 48.3 Å². The molecule has 1 aromatic carbocycles. The van der Waals surface area contributed by atoms with Crippen molar-refractivity contribution in [2.75, 3.05) is 6.61 Å². The van der Waals surface area contributed by atoms with Crippen LogP contribution in [0.5, 0.6) is 0 Å². The average Bonchev–Trinajstić information content (AvgIpc) is 2.76. The molecule has 0 aliphatic rings. The lowest BCUT2D eigenvalue weighted by atomic mass is 10.2. The number of unbranched alkanes of at least 4 members (excludes halogenated alkanes) is 1. The predicted molar refractivity (Wildman–Crippen MR) is 78.2 cm³/mol. The highest BCUT2D eigenvalue weighted by molar-refractivity contribution is 6.31. The second kappa shape index (κ2) is 6.57. The van der Waals surface area contributed by atoms with Crippen LogP contribution in [0, 0.1) is 0 Å². The Labute approximate surface area is 122 Å². The van der Waals surface area contributed by atoms with E-state index in [1.807, 2.05) is 6.92 Å². The van der Waals surface area contributed by atoms with E-state index in [4.69, 9.17) is 16.3 Å². The number of aldehydes is 1. The Hall–Kier alpha value is -1.81. The van der Waals surface area contributed by atoms with Gasteiger partial charge in [0.1, 0.15) is 6.54 Å². The summed E-state index contributed by atoms with van der Waals surface area (Å²) in [6.07, 6.45) is 4.25. The molecule has 1 heterocycles. The highest BCUT2D eigenvalue weighted by atomic mass is 35.5. The monoisotopic (exact) mass is 293 g/mol. The molecule has 0 N–H and O–H groups in total. The van der Waals surface area contributed by atoms with Gasteiger partial charge in [-0.1, -0.05) is 31.0 Å². The number of nitrogens with zero attached hydrogens (tertiary/aromatic N) is 1. The van der Waals surface area contributed by atoms with Crippen LogP contribution in [0.25, 0.3) is 10.9 Å². The van der Waals surface area contributed by atoms with Gasteiger partial charge in [0.25, 0.3) is 0 Å². The molecule has 0 atom stereocenters. The maximum atomic E-state index is 11.7. The van der Waals surface area contributed by atoms with Crippen LogP contribution in [0.4, 0.5) is 0 Å². The Balaban J connectivity index is 2.23. The van der Waals surface area contributed by atoms with E-state index in [1.54, 1.807) is 29.0 Å². The first-order chi connectivity index (χ1) is 9.65. The third-order valence-corrected chi connectivity index (χ3v) is 3.30. The molecule has 2 aromatic rings. The van der Waals surface area contributed by atoms with E-state index in [2.05, 4.69) is 0 Å². The Kier molecular flexibility index (Phi) is 4.79. The van der Waals surface area contributed by atoms with Crippen molar-refractivity contribution in [2.45, 2.75) is 26.3 Å². The normalized spacial score (nSPS) is 10.7. The molecule has 106 valence electrons. The van der Waals surface area contributed by atoms with Gasteiger partial charge in [0, 0.05) is 22.2 Å². The predicted octanol–water partition coefficient (Wildman–Crippen LogP) is 3.45. The zero-order valence-corrected chi connectivity index (χ0v) is 12.0. The molecule has 0 spiro atoms. The van der Waals surface area contributed by atoms with E-state index in [-0.39, 0.29) is 12.5 Å². The van der Waals surface area contributed by atoms with Crippen molar-refractivity contribution in [3.8, 4) is 0 Å². The Morgan fingerprint density at radius 2 is 2.25 bits per heavy atom. The number of hydrogen-bond donors (Lipinski definition) is 0. The number of benzene rings is 1. The average molecular weight is 294 g/mol. The van der Waals surface area contributed by atoms with Crippen molar-refractivity contribution in [3.63, 3.8) is 0 Å². The summed E-state index contributed by atoms with van der Waals surface area (Å²) < 4.78 is 6.82. The number of hydrogen-bond acceptors (Lipinski definition) is 3. The van der Waals surface area contributed by atoms with Crippen molar-refractivity contribution in [3.05, 3.63) is 35.0 Å². The summed E-state index contributed by atoms with van der Waals surface area (Å²) in [5, 5.41) is 1.35. The van der Waals surface area contributed by atoms with Gasteiger partial charge in [0.05, 0.1) is 12.1 Å². The highest BCUT2D eigenvalue weighted by Gasteiger charge is 2.12. The molecule has 0 aliphatic carbocycles. The summed E-state index contributed by atoms with van der Waals surface area (Å²) in [5.74, 6) is -0.312. The van der Waals surface area contributed by atoms with Crippen LogP contribution < -0.4 is 0 Å². The largest absolute Gasteiger partial charge is 0.464 e. The molecule has 0 unspecified atom stereocenters. The van der Waals surface area contributed by atoms with Gasteiger partial charge in [-0.2, -0.15) is 0 Å². The number of aromatic nitrogens is 1. The molecule has 0 aliphatic heterocycles. The highest BCUT2D eigenvalue weighted by Crippen LogP contribution is 2.24. The maximum Gasteiger partial charge on any atom is 0.325 e. The molecule has 0 saturated heterocycles. The Bertz CT molecular complexity index is 633. The molecular weight excluding hydrogens is 278 g/mol. The van der Waals surface area contributed by atoms with Crippen LogP contribution in [0.3, 0.4) is 0 Å². The number of halogens is 1. The van der Waals surface area contributed by atoms with Crippen LogP contribution in [0.1, 0.15) is 30.1 Å². The molecule has 0 bridgehead atoms. The number of rotatable bonds is 6. The smallest absolute Gasteiger partial charge is 0.325 e. The summed E-state index contributed by atoms with van der Waals surface area (Å²) in [7, 11) is 0. The fourth-order valence-electron chi connectivity index (χ4n) is 2.03. The third-order valence-electron chi connectivity index (χ3n) is 3.06. The fourth-order valence-corrected chi connectivity index (χ4v) is 2.20. The van der Waals surface area contributed by atoms with E-state index in [9.17, 15) is 9.59 Å². The van der Waals surface area contributed by atoms with Crippen molar-refractivity contribution in [2.24, 2.45) is 0 Å². The minimum Gasteiger partial charge on any atom is -0.464 e. The van der Waals surface area contributed by atoms with Gasteiger partial charge >= 0.3 is 5.97 Å². The number of ether oxygens (including phenoxy) is 1. The van der Waals surface area contributed by atoms with Crippen LogP contribution >= 0.6 is 11.6 Å². The molecule has 1 aromatic heterocycles. The van der Waals surface area contributed by atoms with Gasteiger partial charge in [-0.25, -0.2) is 0 Å². The van der Waals surface area contributed by atoms with Crippen LogP contribution in [0.15, 0.2) is 24.4 Å². The summed E-state index contributed by atoms with van der Waals surface area (Å²) in [6, 6.07) is 5.24. The van der Waals surface area contributed by atoms with E-state index in [0.29, 0.717) is 17.2 Å². The van der Waals surface area contributed by atoms with Gasteiger partial charge in [-0.3, -0.25) is 9.59 Å². The van der Waals surface area contributed by atoms with Gasteiger partial charge in [0.2, 0.25) is 0 Å². The number of fused-ring (bicyclic) bond motifs is 1. The first-order valence-electron chi connectivity index (χ1n) is 6.55. The molecule has 0 saturated carbocycles. The standard InChI is InChI=1S/C15H16ClNO3/c1-2-3-6-20-15(19)9-17-8-11(10-18)13-5-4-12(16)7-14(13)17/h4-5,7-8,10H,2-3,6,9H2,1H3. The minimum atomic E-state index is -0.312. The zero-order valence-electron chi connectivity index (χ0n) is 11.3. The van der Waals surface area contributed by atoms with E-state index < -0.39 is 0 Å². The summed E-state index contributed by atoms with van der Waals surface area (Å²) in [5.41, 5.74) is 1.30.